The Hall–Kier alpha value is -3.28. The van der Waals surface area contributed by atoms with E-state index in [-0.39, 0.29) is 6.03 Å². The van der Waals surface area contributed by atoms with E-state index in [2.05, 4.69) is 10.3 Å². The van der Waals surface area contributed by atoms with E-state index >= 15 is 0 Å². The third-order valence-corrected chi connectivity index (χ3v) is 4.16. The Labute approximate surface area is 138 Å². The minimum atomic E-state index is -0.178. The number of carbonyl (C=O) groups is 1. The molecule has 2 amide bonds. The molecule has 0 bridgehead atoms. The summed E-state index contributed by atoms with van der Waals surface area (Å²) in [4.78, 5) is 18.4. The molecule has 1 aliphatic heterocycles. The summed E-state index contributed by atoms with van der Waals surface area (Å²) in [5.41, 5.74) is 11.2. The van der Waals surface area contributed by atoms with Gasteiger partial charge < -0.3 is 20.4 Å². The number of carbonyl (C=O) groups excluding carboxylic acids is 1. The maximum absolute atomic E-state index is 12.6. The van der Waals surface area contributed by atoms with Gasteiger partial charge in [-0.2, -0.15) is 0 Å². The van der Waals surface area contributed by atoms with Gasteiger partial charge in [-0.15, -0.1) is 0 Å². The molecule has 6 nitrogen and oxygen atoms in total. The number of nitrogens with zero attached hydrogens (tertiary/aromatic N) is 2. The number of fused-ring (bicyclic) bond motifs is 1. The van der Waals surface area contributed by atoms with Gasteiger partial charge in [-0.3, -0.25) is 4.98 Å². The number of pyridine rings is 1. The largest absolute Gasteiger partial charge is 0.472 e. The van der Waals surface area contributed by atoms with Crippen LogP contribution in [-0.4, -0.2) is 15.9 Å². The first kappa shape index (κ1) is 14.3. The van der Waals surface area contributed by atoms with Crippen LogP contribution in [0, 0.1) is 0 Å². The summed E-state index contributed by atoms with van der Waals surface area (Å²) < 4.78 is 5.10. The van der Waals surface area contributed by atoms with Gasteiger partial charge >= 0.3 is 6.03 Å². The van der Waals surface area contributed by atoms with Gasteiger partial charge in [-0.05, 0) is 41.0 Å². The molecule has 0 saturated heterocycles. The number of benzene rings is 1. The van der Waals surface area contributed by atoms with E-state index in [0.29, 0.717) is 24.5 Å². The van der Waals surface area contributed by atoms with Crippen molar-refractivity contribution in [3.63, 3.8) is 0 Å². The second-order valence-electron chi connectivity index (χ2n) is 5.74. The second-order valence-corrected chi connectivity index (χ2v) is 5.74. The lowest BCUT2D eigenvalue weighted by atomic mass is 10.1. The van der Waals surface area contributed by atoms with Crippen LogP contribution in [0.15, 0.2) is 59.7 Å². The molecular formula is C18H16N4O2. The number of anilines is 2. The first-order chi connectivity index (χ1) is 11.7. The highest BCUT2D eigenvalue weighted by molar-refractivity contribution is 5.94. The highest BCUT2D eigenvalue weighted by Crippen LogP contribution is 2.29. The highest BCUT2D eigenvalue weighted by Gasteiger charge is 2.23. The maximum Gasteiger partial charge on any atom is 0.322 e. The third kappa shape index (κ3) is 2.58. The molecule has 3 aromatic rings. The lowest BCUT2D eigenvalue weighted by Gasteiger charge is -2.17. The van der Waals surface area contributed by atoms with Crippen LogP contribution < -0.4 is 11.1 Å². The lowest BCUT2D eigenvalue weighted by Crippen LogP contribution is -2.30. The summed E-state index contributed by atoms with van der Waals surface area (Å²) in [5.74, 6) is 0. The van der Waals surface area contributed by atoms with Crippen LogP contribution in [-0.2, 0) is 13.1 Å². The van der Waals surface area contributed by atoms with E-state index in [4.69, 9.17) is 10.2 Å². The molecule has 0 radical (unpaired) electrons. The van der Waals surface area contributed by atoms with E-state index in [1.165, 1.54) is 0 Å². The van der Waals surface area contributed by atoms with Crippen LogP contribution in [0.5, 0.6) is 0 Å². The summed E-state index contributed by atoms with van der Waals surface area (Å²) in [6.45, 7) is 1.13. The molecule has 1 aliphatic rings. The van der Waals surface area contributed by atoms with Gasteiger partial charge in [0.2, 0.25) is 0 Å². The minimum absolute atomic E-state index is 0.178. The zero-order chi connectivity index (χ0) is 16.5. The second kappa shape index (κ2) is 5.73. The van der Waals surface area contributed by atoms with Crippen molar-refractivity contribution in [1.82, 2.24) is 9.88 Å². The van der Waals surface area contributed by atoms with Crippen molar-refractivity contribution in [3.8, 4) is 11.1 Å². The summed E-state index contributed by atoms with van der Waals surface area (Å²) in [5, 5.41) is 2.90. The summed E-state index contributed by atoms with van der Waals surface area (Å²) in [7, 11) is 0. The van der Waals surface area contributed by atoms with E-state index in [0.717, 1.165) is 22.3 Å². The van der Waals surface area contributed by atoms with Crippen LogP contribution in [0.3, 0.4) is 0 Å². The van der Waals surface area contributed by atoms with Gasteiger partial charge in [0.1, 0.15) is 0 Å². The number of amides is 2. The maximum atomic E-state index is 12.6. The lowest BCUT2D eigenvalue weighted by molar-refractivity contribution is 0.212. The van der Waals surface area contributed by atoms with Crippen molar-refractivity contribution in [1.29, 1.82) is 0 Å². The average Bonchev–Trinajstić information content (AvgIpc) is 3.26. The van der Waals surface area contributed by atoms with E-state index in [1.54, 1.807) is 35.9 Å². The molecule has 0 aliphatic carbocycles. The fraction of sp³-hybridized carbons (Fsp3) is 0.111. The van der Waals surface area contributed by atoms with Crippen LogP contribution in [0.1, 0.15) is 11.1 Å². The molecule has 4 rings (SSSR count). The van der Waals surface area contributed by atoms with Gasteiger partial charge in [0.05, 0.1) is 23.9 Å². The Morgan fingerprint density at radius 1 is 1.17 bits per heavy atom. The zero-order valence-electron chi connectivity index (χ0n) is 12.9. The number of rotatable bonds is 2. The van der Waals surface area contributed by atoms with Gasteiger partial charge in [0.15, 0.2) is 0 Å². The Kier molecular flexibility index (Phi) is 3.42. The molecule has 0 unspecified atom stereocenters. The van der Waals surface area contributed by atoms with Crippen molar-refractivity contribution in [2.75, 3.05) is 11.1 Å². The fourth-order valence-corrected chi connectivity index (χ4v) is 2.83. The predicted octanol–water partition coefficient (Wildman–Crippen LogP) is 3.47. The quantitative estimate of drug-likeness (QED) is 0.708. The van der Waals surface area contributed by atoms with Gasteiger partial charge in [0, 0.05) is 31.0 Å². The average molecular weight is 320 g/mol. The molecule has 0 saturated carbocycles. The summed E-state index contributed by atoms with van der Waals surface area (Å²) in [6.07, 6.45) is 6.81. The van der Waals surface area contributed by atoms with Crippen LogP contribution in [0.2, 0.25) is 0 Å². The molecule has 0 fully saturated rings. The third-order valence-electron chi connectivity index (χ3n) is 4.16. The molecule has 6 heteroatoms. The molecule has 120 valence electrons. The fourth-order valence-electron chi connectivity index (χ4n) is 2.83. The predicted molar refractivity (Wildman–Crippen MR) is 91.1 cm³/mol. The van der Waals surface area contributed by atoms with Gasteiger partial charge in [-0.25, -0.2) is 4.79 Å². The van der Waals surface area contributed by atoms with Crippen LogP contribution in [0.25, 0.3) is 11.1 Å². The molecule has 2 aromatic heterocycles. The van der Waals surface area contributed by atoms with E-state index < -0.39 is 0 Å². The van der Waals surface area contributed by atoms with Crippen molar-refractivity contribution >= 4 is 17.4 Å². The van der Waals surface area contributed by atoms with Crippen molar-refractivity contribution in [2.24, 2.45) is 0 Å². The Morgan fingerprint density at radius 2 is 2.04 bits per heavy atom. The molecule has 1 aromatic carbocycles. The molecular weight excluding hydrogens is 304 g/mol. The first-order valence-electron chi connectivity index (χ1n) is 7.60. The SMILES string of the molecule is Nc1ccc(-c2ccoc2)cc1NC(=O)N1Cc2ccncc2C1. The number of hydrogen-bond acceptors (Lipinski definition) is 4. The van der Waals surface area contributed by atoms with E-state index in [9.17, 15) is 4.79 Å². The normalized spacial score (nSPS) is 12.9. The first-order valence-corrected chi connectivity index (χ1v) is 7.60. The Morgan fingerprint density at radius 3 is 2.83 bits per heavy atom. The Bertz CT molecular complexity index is 865. The number of hydrogen-bond donors (Lipinski definition) is 2. The zero-order valence-corrected chi connectivity index (χ0v) is 12.9. The monoisotopic (exact) mass is 320 g/mol. The summed E-state index contributed by atoms with van der Waals surface area (Å²) >= 11 is 0. The highest BCUT2D eigenvalue weighted by atomic mass is 16.3. The number of furan rings is 1. The molecule has 0 atom stereocenters. The van der Waals surface area contributed by atoms with Gasteiger partial charge in [0.25, 0.3) is 0 Å². The van der Waals surface area contributed by atoms with Crippen LogP contribution >= 0.6 is 0 Å². The number of nitrogen functional groups attached to an aromatic ring is 1. The summed E-state index contributed by atoms with van der Waals surface area (Å²) in [6, 6.07) is 9.15. The van der Waals surface area contributed by atoms with E-state index in [1.807, 2.05) is 24.3 Å². The molecule has 3 heterocycles. The minimum Gasteiger partial charge on any atom is -0.472 e. The topological polar surface area (TPSA) is 84.4 Å². The van der Waals surface area contributed by atoms with Crippen molar-refractivity contribution < 1.29 is 9.21 Å². The van der Waals surface area contributed by atoms with Crippen molar-refractivity contribution in [3.05, 3.63) is 66.4 Å². The number of nitrogens with two attached hydrogens (primary N) is 1. The van der Waals surface area contributed by atoms with Crippen LogP contribution in [0.4, 0.5) is 16.2 Å². The molecule has 0 spiro atoms. The Balaban J connectivity index is 1.53. The standard InChI is InChI=1S/C18H16N4O2/c19-16-2-1-12(14-4-6-24-11-14)7-17(16)21-18(23)22-9-13-3-5-20-8-15(13)10-22/h1-8,11H,9-10,19H2,(H,21,23). The number of aromatic nitrogens is 1. The van der Waals surface area contributed by atoms with Gasteiger partial charge in [-0.1, -0.05) is 6.07 Å². The smallest absolute Gasteiger partial charge is 0.322 e. The number of urea groups is 1. The van der Waals surface area contributed by atoms with Crippen molar-refractivity contribution in [2.45, 2.75) is 13.1 Å². The number of nitrogens with one attached hydrogen (secondary N) is 1. The molecule has 3 N–H and O–H groups in total. The molecule has 24 heavy (non-hydrogen) atoms.